The van der Waals surface area contributed by atoms with Gasteiger partial charge in [-0.25, -0.2) is 9.97 Å². The summed E-state index contributed by atoms with van der Waals surface area (Å²) < 4.78 is 0. The third-order valence-electron chi connectivity index (χ3n) is 3.79. The highest BCUT2D eigenvalue weighted by atomic mass is 35.5. The minimum Gasteiger partial charge on any atom is -0.351 e. The highest BCUT2D eigenvalue weighted by molar-refractivity contribution is 6.33. The Labute approximate surface area is 157 Å². The molecule has 1 heterocycles. The van der Waals surface area contributed by atoms with Gasteiger partial charge in [0.15, 0.2) is 0 Å². The number of anilines is 2. The van der Waals surface area contributed by atoms with Gasteiger partial charge in [-0.2, -0.15) is 0 Å². The molecule has 0 spiro atoms. The van der Waals surface area contributed by atoms with Crippen molar-refractivity contribution in [2.75, 3.05) is 11.9 Å². The lowest BCUT2D eigenvalue weighted by atomic mass is 10.1. The second-order valence-electron chi connectivity index (χ2n) is 5.74. The highest BCUT2D eigenvalue weighted by Gasteiger charge is 2.08. The van der Waals surface area contributed by atoms with Gasteiger partial charge in [0, 0.05) is 6.54 Å². The van der Waals surface area contributed by atoms with E-state index in [0.29, 0.717) is 17.4 Å². The first kappa shape index (κ1) is 17.9. The number of aromatic nitrogens is 2. The van der Waals surface area contributed by atoms with E-state index in [1.54, 1.807) is 6.07 Å². The van der Waals surface area contributed by atoms with E-state index >= 15 is 0 Å². The predicted molar refractivity (Wildman–Crippen MR) is 104 cm³/mol. The van der Waals surface area contributed by atoms with Crippen LogP contribution in [-0.2, 0) is 6.42 Å². The Bertz CT molecular complexity index is 853. The molecule has 2 aromatic carbocycles. The van der Waals surface area contributed by atoms with Gasteiger partial charge >= 0.3 is 0 Å². The Kier molecular flexibility index (Phi) is 6.17. The number of carbonyl (C=O) groups is 1. The summed E-state index contributed by atoms with van der Waals surface area (Å²) in [6.45, 7) is 0.592. The average molecular weight is 367 g/mol. The molecule has 6 heteroatoms. The van der Waals surface area contributed by atoms with Gasteiger partial charge in [-0.05, 0) is 30.5 Å². The predicted octanol–water partition coefficient (Wildman–Crippen LogP) is 4.24. The lowest BCUT2D eigenvalue weighted by molar-refractivity contribution is 0.0948. The number of carbonyl (C=O) groups excluding carboxylic acids is 1. The molecule has 0 saturated heterocycles. The number of para-hydroxylation sites is 1. The molecule has 0 atom stereocenters. The van der Waals surface area contributed by atoms with Gasteiger partial charge in [-0.15, -0.1) is 0 Å². The van der Waals surface area contributed by atoms with Crippen LogP contribution in [0.3, 0.4) is 0 Å². The van der Waals surface area contributed by atoms with Crippen LogP contribution in [0.2, 0.25) is 5.02 Å². The topological polar surface area (TPSA) is 66.9 Å². The van der Waals surface area contributed by atoms with E-state index in [2.05, 4.69) is 32.7 Å². The van der Waals surface area contributed by atoms with Crippen molar-refractivity contribution in [3.05, 3.63) is 83.3 Å². The minimum atomic E-state index is -0.227. The molecule has 3 aromatic rings. The molecule has 2 N–H and O–H groups in total. The molecule has 0 aliphatic carbocycles. The normalized spacial score (nSPS) is 10.3. The van der Waals surface area contributed by atoms with Crippen molar-refractivity contribution >= 4 is 29.0 Å². The lowest BCUT2D eigenvalue weighted by Gasteiger charge is -2.08. The molecule has 0 bridgehead atoms. The number of hydrogen-bond donors (Lipinski definition) is 2. The first-order chi connectivity index (χ1) is 12.7. The van der Waals surface area contributed by atoms with E-state index in [4.69, 9.17) is 11.6 Å². The summed E-state index contributed by atoms with van der Waals surface area (Å²) in [5.74, 6) is 0.300. The van der Waals surface area contributed by atoms with Crippen molar-refractivity contribution in [1.82, 2.24) is 15.3 Å². The van der Waals surface area contributed by atoms with Gasteiger partial charge in [0.05, 0.1) is 23.1 Å². The van der Waals surface area contributed by atoms with E-state index in [1.165, 1.54) is 18.0 Å². The van der Waals surface area contributed by atoms with Crippen molar-refractivity contribution in [2.45, 2.75) is 12.8 Å². The first-order valence-electron chi connectivity index (χ1n) is 8.38. The molecule has 0 saturated carbocycles. The number of nitrogens with zero attached hydrogens (tertiary/aromatic N) is 2. The van der Waals surface area contributed by atoms with E-state index in [9.17, 15) is 4.79 Å². The summed E-state index contributed by atoms with van der Waals surface area (Å²) in [7, 11) is 0. The van der Waals surface area contributed by atoms with Crippen LogP contribution >= 0.6 is 11.6 Å². The molecule has 1 aromatic heterocycles. The zero-order valence-electron chi connectivity index (χ0n) is 14.2. The van der Waals surface area contributed by atoms with Gasteiger partial charge in [-0.3, -0.25) is 4.79 Å². The fourth-order valence-corrected chi connectivity index (χ4v) is 2.62. The minimum absolute atomic E-state index is 0.227. The summed E-state index contributed by atoms with van der Waals surface area (Å²) >= 11 is 6.10. The molecule has 0 aliphatic heterocycles. The third kappa shape index (κ3) is 5.04. The highest BCUT2D eigenvalue weighted by Crippen LogP contribution is 2.23. The van der Waals surface area contributed by atoms with Crippen LogP contribution in [-0.4, -0.2) is 22.4 Å². The fraction of sp³-hybridized carbons (Fsp3) is 0.150. The monoisotopic (exact) mass is 366 g/mol. The molecule has 0 unspecified atom stereocenters. The smallest absolute Gasteiger partial charge is 0.271 e. The van der Waals surface area contributed by atoms with Crippen LogP contribution in [0, 0.1) is 0 Å². The maximum atomic E-state index is 12.1. The third-order valence-corrected chi connectivity index (χ3v) is 4.12. The van der Waals surface area contributed by atoms with Crippen molar-refractivity contribution < 1.29 is 4.79 Å². The number of hydrogen-bond acceptors (Lipinski definition) is 4. The second kappa shape index (κ2) is 8.97. The quantitative estimate of drug-likeness (QED) is 0.614. The van der Waals surface area contributed by atoms with E-state index in [-0.39, 0.29) is 11.6 Å². The van der Waals surface area contributed by atoms with Crippen LogP contribution in [0.5, 0.6) is 0 Å². The average Bonchev–Trinajstić information content (AvgIpc) is 2.68. The van der Waals surface area contributed by atoms with E-state index < -0.39 is 0 Å². The van der Waals surface area contributed by atoms with Crippen molar-refractivity contribution in [3.8, 4) is 0 Å². The van der Waals surface area contributed by atoms with Crippen LogP contribution in [0.4, 0.5) is 11.5 Å². The SMILES string of the molecule is O=C(NCCCc1ccccc1)c1cnc(Nc2ccccc2Cl)cn1. The van der Waals surface area contributed by atoms with Crippen LogP contribution in [0.1, 0.15) is 22.5 Å². The molecule has 26 heavy (non-hydrogen) atoms. The van der Waals surface area contributed by atoms with Gasteiger partial charge in [-0.1, -0.05) is 54.1 Å². The molecule has 132 valence electrons. The zero-order chi connectivity index (χ0) is 18.2. The van der Waals surface area contributed by atoms with Crippen molar-refractivity contribution in [1.29, 1.82) is 0 Å². The Hall–Kier alpha value is -2.92. The Morgan fingerprint density at radius 2 is 1.73 bits per heavy atom. The van der Waals surface area contributed by atoms with Crippen LogP contribution in [0.15, 0.2) is 67.0 Å². The number of aryl methyl sites for hydroxylation is 1. The summed E-state index contributed by atoms with van der Waals surface area (Å²) in [4.78, 5) is 20.5. The number of rotatable bonds is 7. The fourth-order valence-electron chi connectivity index (χ4n) is 2.44. The van der Waals surface area contributed by atoms with Gasteiger partial charge in [0.25, 0.3) is 5.91 Å². The summed E-state index contributed by atoms with van der Waals surface area (Å²) in [5.41, 5.74) is 2.28. The lowest BCUT2D eigenvalue weighted by Crippen LogP contribution is -2.25. The van der Waals surface area contributed by atoms with Crippen LogP contribution < -0.4 is 10.6 Å². The number of benzene rings is 2. The van der Waals surface area contributed by atoms with Crippen molar-refractivity contribution in [2.24, 2.45) is 0 Å². The molecule has 0 radical (unpaired) electrons. The van der Waals surface area contributed by atoms with E-state index in [1.807, 2.05) is 36.4 Å². The van der Waals surface area contributed by atoms with Crippen molar-refractivity contribution in [3.63, 3.8) is 0 Å². The maximum absolute atomic E-state index is 12.1. The van der Waals surface area contributed by atoms with Crippen LogP contribution in [0.25, 0.3) is 0 Å². The molecule has 0 fully saturated rings. The zero-order valence-corrected chi connectivity index (χ0v) is 14.9. The van der Waals surface area contributed by atoms with Gasteiger partial charge in [0.2, 0.25) is 0 Å². The molecular weight excluding hydrogens is 348 g/mol. The Morgan fingerprint density at radius 3 is 2.46 bits per heavy atom. The molecule has 3 rings (SSSR count). The second-order valence-corrected chi connectivity index (χ2v) is 6.14. The van der Waals surface area contributed by atoms with Gasteiger partial charge < -0.3 is 10.6 Å². The van der Waals surface area contributed by atoms with Gasteiger partial charge in [0.1, 0.15) is 11.5 Å². The number of nitrogens with one attached hydrogen (secondary N) is 2. The summed E-state index contributed by atoms with van der Waals surface area (Å²) in [6, 6.07) is 17.5. The first-order valence-corrected chi connectivity index (χ1v) is 8.76. The number of halogens is 1. The maximum Gasteiger partial charge on any atom is 0.271 e. The number of amides is 1. The Morgan fingerprint density at radius 1 is 0.962 bits per heavy atom. The standard InChI is InChI=1S/C20H19ClN4O/c21-16-10-4-5-11-17(16)25-19-14-23-18(13-24-19)20(26)22-12-6-9-15-7-2-1-3-8-15/h1-5,7-8,10-11,13-14H,6,9,12H2,(H,22,26)(H,24,25). The largest absolute Gasteiger partial charge is 0.351 e. The molecule has 5 nitrogen and oxygen atoms in total. The van der Waals surface area contributed by atoms with E-state index in [0.717, 1.165) is 18.5 Å². The molecule has 1 amide bonds. The summed E-state index contributed by atoms with van der Waals surface area (Å²) in [5, 5.41) is 6.53. The summed E-state index contributed by atoms with van der Waals surface area (Å²) in [6.07, 6.45) is 4.76. The molecular formula is C20H19ClN4O. The Balaban J connectivity index is 1.48. The molecule has 0 aliphatic rings.